The largest absolute Gasteiger partial charge is 0.573 e. The normalized spacial score (nSPS) is 11.6. The molecule has 2 rings (SSSR count). The average molecular weight is 315 g/mol. The third-order valence-electron chi connectivity index (χ3n) is 2.16. The molecule has 9 heteroatoms. The van der Waals surface area contributed by atoms with Crippen LogP contribution in [-0.4, -0.2) is 23.5 Å². The fourth-order valence-corrected chi connectivity index (χ4v) is 1.84. The number of nitrogens with zero attached hydrogens (tertiary/aromatic N) is 2. The highest BCUT2D eigenvalue weighted by Crippen LogP contribution is 2.22. The summed E-state index contributed by atoms with van der Waals surface area (Å²) in [6.45, 7) is 0. The van der Waals surface area contributed by atoms with Gasteiger partial charge in [0, 0.05) is 5.38 Å². The third kappa shape index (κ3) is 4.88. The Bertz CT molecular complexity index is 624. The second-order valence-corrected chi connectivity index (χ2v) is 4.41. The van der Waals surface area contributed by atoms with Gasteiger partial charge in [0.1, 0.15) is 11.4 Å². The summed E-state index contributed by atoms with van der Waals surface area (Å²) < 4.78 is 39.6. The molecule has 0 unspecified atom stereocenters. The number of nitrogens with one attached hydrogen (secondary N) is 1. The van der Waals surface area contributed by atoms with E-state index in [9.17, 15) is 18.0 Å². The molecular weight excluding hydrogens is 307 g/mol. The van der Waals surface area contributed by atoms with Gasteiger partial charge in [0.15, 0.2) is 0 Å². The number of amides is 1. The number of halogens is 3. The number of alkyl halides is 3. The SMILES string of the molecule is O=C(N/N=C/c1ccc(OC(F)(F)F)cc1)c1cscn1. The van der Waals surface area contributed by atoms with Crippen LogP contribution in [0.1, 0.15) is 16.1 Å². The molecule has 21 heavy (non-hydrogen) atoms. The van der Waals surface area contributed by atoms with E-state index in [0.717, 1.165) is 12.1 Å². The highest BCUT2D eigenvalue weighted by molar-refractivity contribution is 7.07. The summed E-state index contributed by atoms with van der Waals surface area (Å²) in [6.07, 6.45) is -3.43. The molecule has 1 aromatic carbocycles. The Kier molecular flexibility index (Phi) is 4.53. The number of aromatic nitrogens is 1. The average Bonchev–Trinajstić information content (AvgIpc) is 2.93. The first-order valence-electron chi connectivity index (χ1n) is 5.51. The van der Waals surface area contributed by atoms with E-state index in [1.165, 1.54) is 35.2 Å². The van der Waals surface area contributed by atoms with E-state index in [1.54, 1.807) is 5.38 Å². The molecule has 1 aromatic heterocycles. The van der Waals surface area contributed by atoms with Crippen LogP contribution in [0.5, 0.6) is 5.75 Å². The van der Waals surface area contributed by atoms with E-state index in [2.05, 4.69) is 20.2 Å². The fraction of sp³-hybridized carbons (Fsp3) is 0.0833. The lowest BCUT2D eigenvalue weighted by Crippen LogP contribution is -2.18. The third-order valence-corrected chi connectivity index (χ3v) is 2.74. The molecule has 0 fully saturated rings. The van der Waals surface area contributed by atoms with Gasteiger partial charge in [-0.2, -0.15) is 5.10 Å². The number of hydrogen-bond donors (Lipinski definition) is 1. The molecule has 2 aromatic rings. The van der Waals surface area contributed by atoms with E-state index >= 15 is 0 Å². The van der Waals surface area contributed by atoms with Crippen LogP contribution in [0.3, 0.4) is 0 Å². The maximum atomic E-state index is 12.0. The molecule has 1 amide bonds. The minimum absolute atomic E-state index is 0.242. The Hall–Kier alpha value is -2.42. The van der Waals surface area contributed by atoms with Gasteiger partial charge in [-0.1, -0.05) is 0 Å². The van der Waals surface area contributed by atoms with Crippen molar-refractivity contribution in [3.05, 3.63) is 46.4 Å². The van der Waals surface area contributed by atoms with Crippen molar-refractivity contribution < 1.29 is 22.7 Å². The lowest BCUT2D eigenvalue weighted by Gasteiger charge is -2.08. The predicted octanol–water partition coefficient (Wildman–Crippen LogP) is 2.81. The summed E-state index contributed by atoms with van der Waals surface area (Å²) in [5.41, 5.74) is 4.51. The van der Waals surface area contributed by atoms with E-state index in [1.807, 2.05) is 0 Å². The van der Waals surface area contributed by atoms with Crippen LogP contribution in [0.4, 0.5) is 13.2 Å². The minimum Gasteiger partial charge on any atom is -0.406 e. The monoisotopic (exact) mass is 315 g/mol. The summed E-state index contributed by atoms with van der Waals surface area (Å²) in [6, 6.07) is 5.05. The van der Waals surface area contributed by atoms with Gasteiger partial charge in [0.2, 0.25) is 0 Å². The molecule has 0 aliphatic rings. The molecule has 1 heterocycles. The van der Waals surface area contributed by atoms with Crippen molar-refractivity contribution >= 4 is 23.5 Å². The summed E-state index contributed by atoms with van der Waals surface area (Å²) in [5, 5.41) is 5.24. The molecule has 0 atom stereocenters. The number of carbonyl (C=O) groups is 1. The summed E-state index contributed by atoms with van der Waals surface area (Å²) in [7, 11) is 0. The number of hydrazone groups is 1. The maximum Gasteiger partial charge on any atom is 0.573 e. The van der Waals surface area contributed by atoms with Crippen molar-refractivity contribution in [2.75, 3.05) is 0 Å². The second kappa shape index (κ2) is 6.35. The van der Waals surface area contributed by atoms with Crippen LogP contribution in [0.2, 0.25) is 0 Å². The molecule has 0 radical (unpaired) electrons. The topological polar surface area (TPSA) is 63.6 Å². The Labute approximate surface area is 121 Å². The van der Waals surface area contributed by atoms with Crippen LogP contribution in [0.15, 0.2) is 40.3 Å². The number of ether oxygens (including phenoxy) is 1. The molecule has 1 N–H and O–H groups in total. The van der Waals surface area contributed by atoms with Gasteiger partial charge in [-0.25, -0.2) is 10.4 Å². The van der Waals surface area contributed by atoms with Crippen molar-refractivity contribution in [2.24, 2.45) is 5.10 Å². The van der Waals surface area contributed by atoms with Crippen LogP contribution >= 0.6 is 11.3 Å². The van der Waals surface area contributed by atoms with Gasteiger partial charge in [-0.15, -0.1) is 24.5 Å². The lowest BCUT2D eigenvalue weighted by atomic mass is 10.2. The van der Waals surface area contributed by atoms with Gasteiger partial charge >= 0.3 is 6.36 Å². The van der Waals surface area contributed by atoms with Crippen molar-refractivity contribution in [3.8, 4) is 5.75 Å². The minimum atomic E-state index is -4.73. The zero-order valence-corrected chi connectivity index (χ0v) is 11.1. The van der Waals surface area contributed by atoms with Gasteiger partial charge < -0.3 is 4.74 Å². The maximum absolute atomic E-state index is 12.0. The number of thiazole rings is 1. The number of rotatable bonds is 4. The molecule has 0 saturated heterocycles. The quantitative estimate of drug-likeness (QED) is 0.697. The van der Waals surface area contributed by atoms with Gasteiger partial charge in [-0.05, 0) is 29.8 Å². The zero-order valence-electron chi connectivity index (χ0n) is 10.3. The smallest absolute Gasteiger partial charge is 0.406 e. The molecule has 0 bridgehead atoms. The summed E-state index contributed by atoms with van der Waals surface area (Å²) in [4.78, 5) is 15.3. The van der Waals surface area contributed by atoms with Crippen molar-refractivity contribution in [3.63, 3.8) is 0 Å². The highest BCUT2D eigenvalue weighted by atomic mass is 32.1. The van der Waals surface area contributed by atoms with Crippen LogP contribution in [0.25, 0.3) is 0 Å². The van der Waals surface area contributed by atoms with E-state index < -0.39 is 12.3 Å². The molecule has 0 aliphatic heterocycles. The molecular formula is C12H8F3N3O2S. The van der Waals surface area contributed by atoms with Gasteiger partial charge in [0.05, 0.1) is 11.7 Å². The number of benzene rings is 1. The summed E-state index contributed by atoms with van der Waals surface area (Å²) in [5.74, 6) is -0.796. The van der Waals surface area contributed by atoms with Crippen LogP contribution < -0.4 is 10.2 Å². The Morgan fingerprint density at radius 1 is 1.33 bits per heavy atom. The first-order valence-corrected chi connectivity index (χ1v) is 6.46. The molecule has 5 nitrogen and oxygen atoms in total. The number of hydrogen-bond acceptors (Lipinski definition) is 5. The molecule has 0 spiro atoms. The van der Waals surface area contributed by atoms with Crippen LogP contribution in [-0.2, 0) is 0 Å². The Morgan fingerprint density at radius 2 is 2.05 bits per heavy atom. The van der Waals surface area contributed by atoms with Gasteiger partial charge in [-0.3, -0.25) is 4.79 Å². The van der Waals surface area contributed by atoms with Crippen molar-refractivity contribution in [2.45, 2.75) is 6.36 Å². The molecule has 110 valence electrons. The van der Waals surface area contributed by atoms with Crippen molar-refractivity contribution in [1.82, 2.24) is 10.4 Å². The second-order valence-electron chi connectivity index (χ2n) is 3.69. The summed E-state index contributed by atoms with van der Waals surface area (Å²) >= 11 is 1.27. The number of carbonyl (C=O) groups excluding carboxylic acids is 1. The van der Waals surface area contributed by atoms with E-state index in [0.29, 0.717) is 5.56 Å². The first-order chi connectivity index (χ1) is 9.94. The first kappa shape index (κ1) is 15.0. The Morgan fingerprint density at radius 3 is 2.62 bits per heavy atom. The van der Waals surface area contributed by atoms with Crippen molar-refractivity contribution in [1.29, 1.82) is 0 Å². The molecule has 0 aliphatic carbocycles. The fourth-order valence-electron chi connectivity index (χ4n) is 1.30. The zero-order chi connectivity index (χ0) is 15.3. The Balaban J connectivity index is 1.91. The van der Waals surface area contributed by atoms with Crippen LogP contribution in [0, 0.1) is 0 Å². The highest BCUT2D eigenvalue weighted by Gasteiger charge is 2.30. The predicted molar refractivity (Wildman–Crippen MR) is 70.3 cm³/mol. The van der Waals surface area contributed by atoms with E-state index in [-0.39, 0.29) is 11.4 Å². The standard InChI is InChI=1S/C12H8F3N3O2S/c13-12(14,15)20-9-3-1-8(2-4-9)5-17-18-11(19)10-6-21-7-16-10/h1-7H,(H,18,19)/b17-5+. The van der Waals surface area contributed by atoms with Gasteiger partial charge in [0.25, 0.3) is 5.91 Å². The lowest BCUT2D eigenvalue weighted by molar-refractivity contribution is -0.274. The molecule has 0 saturated carbocycles. The van der Waals surface area contributed by atoms with E-state index in [4.69, 9.17) is 0 Å².